The molecule has 2 fully saturated rings. The number of ether oxygens (including phenoxy) is 1. The Labute approximate surface area is 171 Å². The van der Waals surface area contributed by atoms with Crippen LogP contribution in [0.15, 0.2) is 52.9 Å². The van der Waals surface area contributed by atoms with Gasteiger partial charge in [0.15, 0.2) is 0 Å². The number of allylic oxidation sites excluding steroid dienone is 3. The highest BCUT2D eigenvalue weighted by Gasteiger charge is 2.41. The zero-order valence-electron chi connectivity index (χ0n) is 16.4. The number of amides is 1. The molecule has 3 heterocycles. The first kappa shape index (κ1) is 18.0. The summed E-state index contributed by atoms with van der Waals surface area (Å²) in [5.41, 5.74) is 6.49. The molecule has 1 amide bonds. The van der Waals surface area contributed by atoms with E-state index in [0.29, 0.717) is 10.4 Å². The average molecular weight is 397 g/mol. The van der Waals surface area contributed by atoms with Crippen LogP contribution in [0.1, 0.15) is 31.7 Å². The fraction of sp³-hybridized carbons (Fsp3) is 0.435. The molecule has 4 aliphatic rings. The van der Waals surface area contributed by atoms with Gasteiger partial charge in [-0.15, -0.1) is 0 Å². The Morgan fingerprint density at radius 3 is 2.61 bits per heavy atom. The number of carbonyl (C=O) groups is 1. The second-order valence-corrected chi connectivity index (χ2v) is 8.84. The number of likely N-dealkylation sites (tertiary alicyclic amines) is 1. The maximum Gasteiger partial charge on any atom is 0.257 e. The van der Waals surface area contributed by atoms with Gasteiger partial charge in [0.05, 0.1) is 23.0 Å². The smallest absolute Gasteiger partial charge is 0.257 e. The van der Waals surface area contributed by atoms with Gasteiger partial charge in [0, 0.05) is 42.6 Å². The third-order valence-electron chi connectivity index (χ3n) is 6.74. The maximum absolute atomic E-state index is 13.2. The summed E-state index contributed by atoms with van der Waals surface area (Å²) in [6, 6.07) is 5.84. The fourth-order valence-corrected chi connectivity index (χ4v) is 5.01. The minimum absolute atomic E-state index is 0.0231. The molecule has 146 valence electrons. The van der Waals surface area contributed by atoms with Crippen molar-refractivity contribution in [3.05, 3.63) is 63.5 Å². The second-order valence-electron chi connectivity index (χ2n) is 8.46. The largest absolute Gasteiger partial charge is 0.381 e. The van der Waals surface area contributed by atoms with Crippen molar-refractivity contribution < 1.29 is 9.53 Å². The van der Waals surface area contributed by atoms with Crippen LogP contribution in [0.3, 0.4) is 0 Å². The molecule has 0 N–H and O–H groups in total. The van der Waals surface area contributed by atoms with E-state index in [1.165, 1.54) is 17.6 Å². The Hall–Kier alpha value is -2.04. The van der Waals surface area contributed by atoms with Gasteiger partial charge in [0.2, 0.25) is 0 Å². The molecule has 5 rings (SSSR count). The fourth-order valence-electron chi connectivity index (χ4n) is 4.80. The lowest BCUT2D eigenvalue weighted by Gasteiger charge is -2.40. The van der Waals surface area contributed by atoms with Gasteiger partial charge < -0.3 is 9.64 Å². The number of aryl methyl sites for hydroxylation is 1. The van der Waals surface area contributed by atoms with Crippen LogP contribution in [0.2, 0.25) is 5.02 Å². The normalized spacial score (nSPS) is 23.6. The minimum atomic E-state index is -0.0231. The molecule has 0 saturated carbocycles. The number of rotatable bonds is 2. The summed E-state index contributed by atoms with van der Waals surface area (Å²) in [7, 11) is 0. The van der Waals surface area contributed by atoms with Gasteiger partial charge >= 0.3 is 0 Å². The van der Waals surface area contributed by atoms with Crippen molar-refractivity contribution in [3.63, 3.8) is 0 Å². The first-order chi connectivity index (χ1) is 13.5. The van der Waals surface area contributed by atoms with Crippen molar-refractivity contribution in [1.82, 2.24) is 4.90 Å². The Bertz CT molecular complexity index is 943. The van der Waals surface area contributed by atoms with Gasteiger partial charge in [-0.25, -0.2) is 0 Å². The molecule has 3 aliphatic heterocycles. The van der Waals surface area contributed by atoms with Gasteiger partial charge in [0.25, 0.3) is 5.91 Å². The summed E-state index contributed by atoms with van der Waals surface area (Å²) >= 11 is 6.55. The van der Waals surface area contributed by atoms with E-state index in [4.69, 9.17) is 16.3 Å². The van der Waals surface area contributed by atoms with Gasteiger partial charge in [0.1, 0.15) is 0 Å². The molecular formula is C23H25ClN2O2. The van der Waals surface area contributed by atoms with Gasteiger partial charge in [-0.3, -0.25) is 9.69 Å². The number of halogens is 1. The molecule has 4 nitrogen and oxygen atoms in total. The van der Waals surface area contributed by atoms with Crippen molar-refractivity contribution in [1.29, 1.82) is 0 Å². The van der Waals surface area contributed by atoms with E-state index in [-0.39, 0.29) is 5.91 Å². The number of piperidine rings is 1. The summed E-state index contributed by atoms with van der Waals surface area (Å²) in [6.07, 6.45) is 7.43. The van der Waals surface area contributed by atoms with Crippen LogP contribution in [-0.2, 0) is 9.53 Å². The number of carbonyl (C=O) groups excluding carboxylic acids is 1. The number of benzene rings is 1. The Balaban J connectivity index is 1.44. The van der Waals surface area contributed by atoms with Crippen molar-refractivity contribution in [3.8, 4) is 0 Å². The topological polar surface area (TPSA) is 32.8 Å². The average Bonchev–Trinajstić information content (AvgIpc) is 3.38. The quantitative estimate of drug-likeness (QED) is 0.732. The molecule has 2 saturated heterocycles. The van der Waals surface area contributed by atoms with Crippen LogP contribution in [0.5, 0.6) is 0 Å². The molecule has 0 unspecified atom stereocenters. The van der Waals surface area contributed by atoms with Crippen LogP contribution < -0.4 is 4.90 Å². The van der Waals surface area contributed by atoms with Crippen LogP contribution in [0.4, 0.5) is 5.69 Å². The highest BCUT2D eigenvalue weighted by atomic mass is 35.5. The molecule has 5 heteroatoms. The van der Waals surface area contributed by atoms with Gasteiger partial charge in [-0.1, -0.05) is 23.7 Å². The predicted octanol–water partition coefficient (Wildman–Crippen LogP) is 4.60. The van der Waals surface area contributed by atoms with E-state index in [0.717, 1.165) is 61.8 Å². The third-order valence-corrected chi connectivity index (χ3v) is 7.23. The number of hydrogen-bond donors (Lipinski definition) is 0. The maximum atomic E-state index is 13.2. The summed E-state index contributed by atoms with van der Waals surface area (Å²) in [6.45, 7) is 7.73. The van der Waals surface area contributed by atoms with Gasteiger partial charge in [-0.05, 0) is 56.2 Å². The lowest BCUT2D eigenvalue weighted by atomic mass is 9.78. The summed E-state index contributed by atoms with van der Waals surface area (Å²) < 4.78 is 5.66. The van der Waals surface area contributed by atoms with Crippen molar-refractivity contribution in [2.24, 2.45) is 5.41 Å². The van der Waals surface area contributed by atoms with E-state index >= 15 is 0 Å². The first-order valence-electron chi connectivity index (χ1n) is 10.1. The van der Waals surface area contributed by atoms with E-state index in [1.807, 2.05) is 32.0 Å². The van der Waals surface area contributed by atoms with Crippen LogP contribution in [-0.4, -0.2) is 37.1 Å². The third kappa shape index (κ3) is 2.82. The Kier molecular flexibility index (Phi) is 4.18. The van der Waals surface area contributed by atoms with Crippen LogP contribution in [0, 0.1) is 12.3 Å². The van der Waals surface area contributed by atoms with Crippen molar-refractivity contribution in [2.45, 2.75) is 33.1 Å². The number of anilines is 1. The Morgan fingerprint density at radius 1 is 1.11 bits per heavy atom. The first-order valence-corrected chi connectivity index (χ1v) is 10.4. The second kappa shape index (κ2) is 6.50. The van der Waals surface area contributed by atoms with Gasteiger partial charge in [-0.2, -0.15) is 0 Å². The van der Waals surface area contributed by atoms with E-state index in [1.54, 1.807) is 11.0 Å². The van der Waals surface area contributed by atoms with Crippen LogP contribution >= 0.6 is 11.6 Å². The molecular weight excluding hydrogens is 372 g/mol. The summed E-state index contributed by atoms with van der Waals surface area (Å²) in [5, 5.41) is 0.635. The molecule has 1 aromatic rings. The van der Waals surface area contributed by atoms with E-state index < -0.39 is 0 Å². The van der Waals surface area contributed by atoms with E-state index in [9.17, 15) is 4.79 Å². The monoisotopic (exact) mass is 396 g/mol. The molecule has 1 aromatic carbocycles. The highest BCUT2D eigenvalue weighted by molar-refractivity contribution is 6.35. The molecule has 1 spiro atoms. The van der Waals surface area contributed by atoms with E-state index in [2.05, 4.69) is 11.0 Å². The molecule has 28 heavy (non-hydrogen) atoms. The number of hydrogen-bond acceptors (Lipinski definition) is 3. The molecule has 1 aliphatic carbocycles. The molecule has 0 atom stereocenters. The number of fused-ring (bicyclic) bond motifs is 1. The van der Waals surface area contributed by atoms with Crippen molar-refractivity contribution in [2.75, 3.05) is 31.2 Å². The zero-order valence-corrected chi connectivity index (χ0v) is 17.2. The SMILES string of the molecule is CC1=C2C=C2C(N2CCC3(CCOC3)CC2)=CC(=O)N1c1cccc(C)c1Cl. The Morgan fingerprint density at radius 2 is 1.89 bits per heavy atom. The minimum Gasteiger partial charge on any atom is -0.381 e. The summed E-state index contributed by atoms with van der Waals surface area (Å²) in [4.78, 5) is 17.4. The molecule has 0 aromatic heterocycles. The zero-order chi connectivity index (χ0) is 19.5. The lowest BCUT2D eigenvalue weighted by Crippen LogP contribution is -2.40. The molecule has 0 bridgehead atoms. The highest BCUT2D eigenvalue weighted by Crippen LogP contribution is 2.46. The molecule has 0 radical (unpaired) electrons. The van der Waals surface area contributed by atoms with Crippen molar-refractivity contribution >= 4 is 23.2 Å². The summed E-state index contributed by atoms with van der Waals surface area (Å²) in [5.74, 6) is -0.0231. The van der Waals surface area contributed by atoms with Crippen LogP contribution in [0.25, 0.3) is 0 Å². The standard InChI is InChI=1S/C23H25ClN2O2/c1-15-4-3-5-19(22(15)24)26-16(2)17-12-18(17)20(13-21(26)27)25-9-6-23(7-10-25)8-11-28-14-23/h3-5,12-13H,6-11,14H2,1-2H3. The predicted molar refractivity (Wildman–Crippen MR) is 111 cm³/mol. The lowest BCUT2D eigenvalue weighted by molar-refractivity contribution is -0.113. The number of nitrogens with zero attached hydrogens (tertiary/aromatic N) is 2.